The number of nitrogens with one attached hydrogen (secondary N) is 1. The van der Waals surface area contributed by atoms with Crippen LogP contribution in [-0.4, -0.2) is 43.0 Å². The van der Waals surface area contributed by atoms with E-state index >= 15 is 0 Å². The van der Waals surface area contributed by atoms with E-state index < -0.39 is 9.84 Å². The molecular weight excluding hydrogens is 230 g/mol. The van der Waals surface area contributed by atoms with Gasteiger partial charge < -0.3 is 5.32 Å². The Morgan fingerprint density at radius 3 is 2.73 bits per heavy atom. The summed E-state index contributed by atoms with van der Waals surface area (Å²) in [6.07, 6.45) is 3.26. The molecule has 0 spiro atoms. The molecule has 3 unspecified atom stereocenters. The van der Waals surface area contributed by atoms with Crippen LogP contribution in [0, 0.1) is 0 Å². The monoisotopic (exact) mass is 249 g/mol. The SMILES string of the molecule is CC1SCCCC1NC1CCS(=O)(=O)C1. The van der Waals surface area contributed by atoms with E-state index in [9.17, 15) is 8.42 Å². The van der Waals surface area contributed by atoms with E-state index in [-0.39, 0.29) is 6.04 Å². The Morgan fingerprint density at radius 1 is 1.33 bits per heavy atom. The van der Waals surface area contributed by atoms with Gasteiger partial charge in [-0.2, -0.15) is 11.8 Å². The van der Waals surface area contributed by atoms with Gasteiger partial charge in [0.25, 0.3) is 0 Å². The largest absolute Gasteiger partial charge is 0.309 e. The topological polar surface area (TPSA) is 46.2 Å². The Labute approximate surface area is 96.3 Å². The van der Waals surface area contributed by atoms with Crippen LogP contribution in [-0.2, 0) is 9.84 Å². The van der Waals surface area contributed by atoms with Gasteiger partial charge in [-0.05, 0) is 25.0 Å². The van der Waals surface area contributed by atoms with Crippen molar-refractivity contribution in [1.29, 1.82) is 0 Å². The molecule has 2 aliphatic rings. The van der Waals surface area contributed by atoms with Gasteiger partial charge in [0, 0.05) is 17.3 Å². The summed E-state index contributed by atoms with van der Waals surface area (Å²) >= 11 is 2.00. The summed E-state index contributed by atoms with van der Waals surface area (Å²) < 4.78 is 22.6. The molecule has 0 aromatic carbocycles. The summed E-state index contributed by atoms with van der Waals surface area (Å²) in [6, 6.07) is 0.725. The van der Waals surface area contributed by atoms with Crippen LogP contribution in [0.15, 0.2) is 0 Å². The van der Waals surface area contributed by atoms with Crippen molar-refractivity contribution in [2.45, 2.75) is 43.5 Å². The zero-order valence-corrected chi connectivity index (χ0v) is 10.7. The fourth-order valence-corrected chi connectivity index (χ4v) is 5.21. The molecule has 2 fully saturated rings. The molecule has 88 valence electrons. The molecule has 1 N–H and O–H groups in total. The molecule has 0 aromatic heterocycles. The third-order valence-corrected chi connectivity index (χ3v) is 6.44. The van der Waals surface area contributed by atoms with E-state index in [0.717, 1.165) is 6.42 Å². The maximum absolute atomic E-state index is 11.3. The van der Waals surface area contributed by atoms with E-state index in [1.165, 1.54) is 18.6 Å². The minimum Gasteiger partial charge on any atom is -0.309 e. The molecule has 0 amide bonds. The lowest BCUT2D eigenvalue weighted by molar-refractivity contribution is 0.413. The van der Waals surface area contributed by atoms with Gasteiger partial charge >= 0.3 is 0 Å². The van der Waals surface area contributed by atoms with Crippen LogP contribution in [0.4, 0.5) is 0 Å². The predicted octanol–water partition coefficient (Wildman–Crippen LogP) is 1.05. The molecule has 2 rings (SSSR count). The van der Waals surface area contributed by atoms with Crippen LogP contribution in [0.3, 0.4) is 0 Å². The number of hydrogen-bond donors (Lipinski definition) is 1. The molecule has 0 saturated carbocycles. The highest BCUT2D eigenvalue weighted by Crippen LogP contribution is 2.26. The highest BCUT2D eigenvalue weighted by molar-refractivity contribution is 8.00. The zero-order chi connectivity index (χ0) is 10.9. The quantitative estimate of drug-likeness (QED) is 0.794. The maximum Gasteiger partial charge on any atom is 0.151 e. The van der Waals surface area contributed by atoms with Gasteiger partial charge in [-0.1, -0.05) is 6.92 Å². The summed E-state index contributed by atoms with van der Waals surface area (Å²) in [5, 5.41) is 4.15. The van der Waals surface area contributed by atoms with Crippen molar-refractivity contribution in [2.24, 2.45) is 0 Å². The summed E-state index contributed by atoms with van der Waals surface area (Å²) in [5.41, 5.74) is 0. The second kappa shape index (κ2) is 4.63. The first-order chi connectivity index (χ1) is 7.07. The van der Waals surface area contributed by atoms with Gasteiger partial charge in [0.1, 0.15) is 0 Å². The standard InChI is InChI=1S/C10H19NO2S2/c1-8-10(3-2-5-14-8)11-9-4-6-15(12,13)7-9/h8-11H,2-7H2,1H3. The molecule has 3 atom stereocenters. The van der Waals surface area contributed by atoms with E-state index in [4.69, 9.17) is 0 Å². The van der Waals surface area contributed by atoms with Gasteiger partial charge in [0.2, 0.25) is 0 Å². The number of rotatable bonds is 2. The minimum atomic E-state index is -2.73. The number of sulfone groups is 1. The average molecular weight is 249 g/mol. The maximum atomic E-state index is 11.3. The van der Waals surface area contributed by atoms with E-state index in [2.05, 4.69) is 12.2 Å². The number of hydrogen-bond acceptors (Lipinski definition) is 4. The van der Waals surface area contributed by atoms with Crippen LogP contribution >= 0.6 is 11.8 Å². The first-order valence-corrected chi connectivity index (χ1v) is 8.52. The lowest BCUT2D eigenvalue weighted by atomic mass is 10.1. The second-order valence-corrected chi connectivity index (χ2v) is 8.31. The van der Waals surface area contributed by atoms with Gasteiger partial charge in [-0.15, -0.1) is 0 Å². The van der Waals surface area contributed by atoms with Gasteiger partial charge in [0.05, 0.1) is 11.5 Å². The Hall–Kier alpha value is 0.260. The molecule has 3 nitrogen and oxygen atoms in total. The van der Waals surface area contributed by atoms with Crippen LogP contribution in [0.2, 0.25) is 0 Å². The second-order valence-electron chi connectivity index (χ2n) is 4.59. The highest BCUT2D eigenvalue weighted by Gasteiger charge is 2.31. The fourth-order valence-electron chi connectivity index (χ4n) is 2.37. The molecule has 2 heterocycles. The number of thioether (sulfide) groups is 1. The summed E-state index contributed by atoms with van der Waals surface area (Å²) in [6.45, 7) is 2.24. The first-order valence-electron chi connectivity index (χ1n) is 5.65. The summed E-state index contributed by atoms with van der Waals surface area (Å²) in [4.78, 5) is 0. The van der Waals surface area contributed by atoms with Crippen LogP contribution in [0.5, 0.6) is 0 Å². The molecule has 5 heteroatoms. The van der Waals surface area contributed by atoms with Crippen molar-refractivity contribution in [3.8, 4) is 0 Å². The van der Waals surface area contributed by atoms with E-state index in [1.807, 2.05) is 11.8 Å². The molecular formula is C10H19NO2S2. The van der Waals surface area contributed by atoms with Crippen LogP contribution < -0.4 is 5.32 Å². The third kappa shape index (κ3) is 3.11. The normalized spacial score (nSPS) is 40.5. The van der Waals surface area contributed by atoms with Crippen LogP contribution in [0.25, 0.3) is 0 Å². The fraction of sp³-hybridized carbons (Fsp3) is 1.00. The Bertz CT molecular complexity index is 315. The Balaban J connectivity index is 1.86. The molecule has 0 aromatic rings. The molecule has 2 aliphatic heterocycles. The van der Waals surface area contributed by atoms with Crippen molar-refractivity contribution >= 4 is 21.6 Å². The Kier molecular flexibility index (Phi) is 3.63. The third-order valence-electron chi connectivity index (χ3n) is 3.29. The van der Waals surface area contributed by atoms with Crippen LogP contribution in [0.1, 0.15) is 26.2 Å². The van der Waals surface area contributed by atoms with Crippen molar-refractivity contribution < 1.29 is 8.42 Å². The highest BCUT2D eigenvalue weighted by atomic mass is 32.2. The summed E-state index contributed by atoms with van der Waals surface area (Å²) in [7, 11) is -2.73. The van der Waals surface area contributed by atoms with Crippen molar-refractivity contribution in [3.05, 3.63) is 0 Å². The molecule has 15 heavy (non-hydrogen) atoms. The van der Waals surface area contributed by atoms with Gasteiger partial charge in [-0.3, -0.25) is 0 Å². The van der Waals surface area contributed by atoms with E-state index in [0.29, 0.717) is 22.8 Å². The van der Waals surface area contributed by atoms with Crippen molar-refractivity contribution in [2.75, 3.05) is 17.3 Å². The zero-order valence-electron chi connectivity index (χ0n) is 9.11. The summed E-state index contributed by atoms with van der Waals surface area (Å²) in [5.74, 6) is 1.97. The molecule has 0 aliphatic carbocycles. The van der Waals surface area contributed by atoms with Gasteiger partial charge in [-0.25, -0.2) is 8.42 Å². The lowest BCUT2D eigenvalue weighted by Crippen LogP contribution is -2.45. The first kappa shape index (κ1) is 11.7. The molecule has 2 saturated heterocycles. The predicted molar refractivity (Wildman–Crippen MR) is 65.1 cm³/mol. The van der Waals surface area contributed by atoms with Crippen molar-refractivity contribution in [3.63, 3.8) is 0 Å². The lowest BCUT2D eigenvalue weighted by Gasteiger charge is -2.31. The smallest absolute Gasteiger partial charge is 0.151 e. The van der Waals surface area contributed by atoms with E-state index in [1.54, 1.807) is 0 Å². The molecule has 0 radical (unpaired) electrons. The van der Waals surface area contributed by atoms with Crippen molar-refractivity contribution in [1.82, 2.24) is 5.32 Å². The van der Waals surface area contributed by atoms with Gasteiger partial charge in [0.15, 0.2) is 9.84 Å². The average Bonchev–Trinajstić information content (AvgIpc) is 2.50. The minimum absolute atomic E-state index is 0.209. The Morgan fingerprint density at radius 2 is 2.13 bits per heavy atom. The molecule has 0 bridgehead atoms.